The molecule has 0 fully saturated rings. The van der Waals surface area contributed by atoms with E-state index in [0.29, 0.717) is 12.3 Å². The van der Waals surface area contributed by atoms with Crippen LogP contribution in [-0.2, 0) is 17.9 Å². The van der Waals surface area contributed by atoms with E-state index < -0.39 is 28.6 Å². The third kappa shape index (κ3) is 8.73. The summed E-state index contributed by atoms with van der Waals surface area (Å²) in [6.45, 7) is 12.3. The van der Waals surface area contributed by atoms with E-state index >= 15 is 0 Å². The maximum atomic E-state index is 13.1. The van der Waals surface area contributed by atoms with Crippen molar-refractivity contribution in [1.82, 2.24) is 10.6 Å². The summed E-state index contributed by atoms with van der Waals surface area (Å²) in [7, 11) is 0. The molecule has 0 saturated heterocycles. The number of carbonyl (C=O) groups is 3. The molecule has 0 unspecified atom stereocenters. The molecule has 9 nitrogen and oxygen atoms in total. The van der Waals surface area contributed by atoms with Gasteiger partial charge in [-0.3, -0.25) is 9.59 Å². The largest absolute Gasteiger partial charge is 0.507 e. The third-order valence-electron chi connectivity index (χ3n) is 7.88. The Kier molecular flexibility index (Phi) is 10.8. The minimum absolute atomic E-state index is 0.000339. The lowest BCUT2D eigenvalue weighted by Crippen LogP contribution is -2.36. The van der Waals surface area contributed by atoms with E-state index in [0.717, 1.165) is 36.5 Å². The van der Waals surface area contributed by atoms with Crippen molar-refractivity contribution < 1.29 is 34.1 Å². The molecule has 0 spiro atoms. The first kappa shape index (κ1) is 33.0. The number of rotatable bonds is 13. The molecule has 0 aliphatic heterocycles. The van der Waals surface area contributed by atoms with Crippen LogP contribution < -0.4 is 20.1 Å². The monoisotopic (exact) mass is 590 g/mol. The maximum absolute atomic E-state index is 13.1. The number of phenols is 2. The molecule has 0 saturated carbocycles. The number of benzene rings is 3. The molecule has 9 heteroatoms. The average molecular weight is 591 g/mol. The molecule has 4 N–H and O–H groups in total. The van der Waals surface area contributed by atoms with Crippen LogP contribution in [0.3, 0.4) is 0 Å². The summed E-state index contributed by atoms with van der Waals surface area (Å²) in [5, 5.41) is 26.6. The van der Waals surface area contributed by atoms with Crippen molar-refractivity contribution in [2.24, 2.45) is 5.41 Å². The second kappa shape index (κ2) is 14.1. The molecule has 0 aliphatic rings. The summed E-state index contributed by atoms with van der Waals surface area (Å²) in [5.41, 5.74) is 0.804. The van der Waals surface area contributed by atoms with E-state index in [4.69, 9.17) is 9.47 Å². The van der Waals surface area contributed by atoms with Crippen LogP contribution in [-0.4, -0.2) is 33.6 Å². The molecular formula is C34H42N2O7. The van der Waals surface area contributed by atoms with Gasteiger partial charge in [-0.05, 0) is 61.6 Å². The van der Waals surface area contributed by atoms with Gasteiger partial charge in [-0.2, -0.15) is 0 Å². The Morgan fingerprint density at radius 2 is 1.26 bits per heavy atom. The molecule has 230 valence electrons. The van der Waals surface area contributed by atoms with Crippen LogP contribution in [0.1, 0.15) is 87.9 Å². The first-order valence-corrected chi connectivity index (χ1v) is 14.5. The molecule has 43 heavy (non-hydrogen) atoms. The number of carbonyl (C=O) groups excluding carboxylic acids is 3. The summed E-state index contributed by atoms with van der Waals surface area (Å²) >= 11 is 0. The predicted octanol–water partition coefficient (Wildman–Crippen LogP) is 6.63. The molecule has 3 aromatic rings. The van der Waals surface area contributed by atoms with Gasteiger partial charge in [0, 0.05) is 30.6 Å². The molecule has 2 amide bonds. The maximum Gasteiger partial charge on any atom is 0.412 e. The van der Waals surface area contributed by atoms with Gasteiger partial charge in [0.1, 0.15) is 28.6 Å². The summed E-state index contributed by atoms with van der Waals surface area (Å²) in [6.07, 6.45) is 1.53. The minimum Gasteiger partial charge on any atom is -0.507 e. The number of nitrogens with one attached hydrogen (secondary N) is 2. The summed E-state index contributed by atoms with van der Waals surface area (Å²) in [6, 6.07) is 15.8. The Hall–Kier alpha value is -4.53. The first-order chi connectivity index (χ1) is 20.3. The number of phenolic OH excluding ortho intramolecular Hbond substituents is 2. The number of hydrogen-bond acceptors (Lipinski definition) is 7. The van der Waals surface area contributed by atoms with Crippen LogP contribution in [0.2, 0.25) is 0 Å². The van der Waals surface area contributed by atoms with Gasteiger partial charge >= 0.3 is 6.09 Å². The highest BCUT2D eigenvalue weighted by molar-refractivity contribution is 6.12. The van der Waals surface area contributed by atoms with Gasteiger partial charge in [-0.15, -0.1) is 0 Å². The van der Waals surface area contributed by atoms with E-state index in [1.54, 1.807) is 6.07 Å². The van der Waals surface area contributed by atoms with Crippen LogP contribution in [0.25, 0.3) is 0 Å². The highest BCUT2D eigenvalue weighted by Gasteiger charge is 2.25. The lowest BCUT2D eigenvalue weighted by Gasteiger charge is -2.28. The van der Waals surface area contributed by atoms with Crippen molar-refractivity contribution in [3.8, 4) is 23.0 Å². The summed E-state index contributed by atoms with van der Waals surface area (Å²) in [5.74, 6) is -0.820. The fourth-order valence-electron chi connectivity index (χ4n) is 4.11. The van der Waals surface area contributed by atoms with Crippen LogP contribution in [0, 0.1) is 5.41 Å². The van der Waals surface area contributed by atoms with Crippen molar-refractivity contribution in [3.63, 3.8) is 0 Å². The van der Waals surface area contributed by atoms with Gasteiger partial charge in [-0.1, -0.05) is 58.9 Å². The van der Waals surface area contributed by atoms with Crippen LogP contribution in [0.4, 0.5) is 4.79 Å². The average Bonchev–Trinajstić information content (AvgIpc) is 2.98. The molecular weight excluding hydrogens is 548 g/mol. The Balaban J connectivity index is 1.59. The quantitative estimate of drug-likeness (QED) is 0.164. The fourth-order valence-corrected chi connectivity index (χ4v) is 4.11. The van der Waals surface area contributed by atoms with Crippen LogP contribution in [0.5, 0.6) is 23.0 Å². The molecule has 3 rings (SSSR count). The second-order valence-corrected chi connectivity index (χ2v) is 11.4. The summed E-state index contributed by atoms with van der Waals surface area (Å²) < 4.78 is 11.3. The van der Waals surface area contributed by atoms with Crippen molar-refractivity contribution >= 4 is 17.8 Å². The Morgan fingerprint density at radius 1 is 0.721 bits per heavy atom. The second-order valence-electron chi connectivity index (χ2n) is 11.4. The molecule has 0 heterocycles. The van der Waals surface area contributed by atoms with Crippen LogP contribution in [0.15, 0.2) is 60.7 Å². The van der Waals surface area contributed by atoms with Gasteiger partial charge in [0.15, 0.2) is 5.78 Å². The first-order valence-electron chi connectivity index (χ1n) is 14.5. The van der Waals surface area contributed by atoms with Crippen molar-refractivity contribution in [3.05, 3.63) is 82.9 Å². The predicted molar refractivity (Wildman–Crippen MR) is 164 cm³/mol. The highest BCUT2D eigenvalue weighted by atomic mass is 16.6. The van der Waals surface area contributed by atoms with E-state index in [1.807, 2.05) is 65.8 Å². The topological polar surface area (TPSA) is 134 Å². The van der Waals surface area contributed by atoms with E-state index in [-0.39, 0.29) is 35.1 Å². The Bertz CT molecular complexity index is 1460. The number of aromatic hydroxyl groups is 2. The van der Waals surface area contributed by atoms with E-state index in [1.165, 1.54) is 24.3 Å². The van der Waals surface area contributed by atoms with Gasteiger partial charge < -0.3 is 30.3 Å². The smallest absolute Gasteiger partial charge is 0.412 e. The van der Waals surface area contributed by atoms with Crippen LogP contribution >= 0.6 is 0 Å². The Morgan fingerprint density at radius 3 is 1.79 bits per heavy atom. The van der Waals surface area contributed by atoms with Crippen molar-refractivity contribution in [2.75, 3.05) is 0 Å². The van der Waals surface area contributed by atoms with Gasteiger partial charge in [0.2, 0.25) is 5.91 Å². The standard InChI is InChI=1S/C34H42N2O7/c1-7-33(4,5)31(40)35-20-22-11-10-12-23(17-22)21-36-32(41)42-24-13-15-26(28(37)18-24)30(39)27-16-14-25(19-29(27)38)43-34(6,8-2)9-3/h10-19,37-38H,7-9,20-21H2,1-6H3,(H,35,40)(H,36,41). The lowest BCUT2D eigenvalue weighted by atomic mass is 9.89. The molecule has 0 bridgehead atoms. The number of amides is 2. The molecule has 0 aromatic heterocycles. The van der Waals surface area contributed by atoms with Gasteiger partial charge in [0.25, 0.3) is 0 Å². The number of ketones is 1. The molecule has 3 aromatic carbocycles. The van der Waals surface area contributed by atoms with E-state index in [2.05, 4.69) is 10.6 Å². The zero-order chi connectivity index (χ0) is 31.8. The Labute approximate surface area is 253 Å². The third-order valence-corrected chi connectivity index (χ3v) is 7.88. The number of ether oxygens (including phenoxy) is 2. The SMILES string of the molecule is CCC(C)(CC)Oc1ccc(C(=O)c2ccc(OC(=O)NCc3cccc(CNC(=O)C(C)(C)CC)c3)cc2O)c(O)c1. The number of hydrogen-bond donors (Lipinski definition) is 4. The normalized spacial score (nSPS) is 11.5. The zero-order valence-corrected chi connectivity index (χ0v) is 25.7. The van der Waals surface area contributed by atoms with Gasteiger partial charge in [-0.25, -0.2) is 4.79 Å². The van der Waals surface area contributed by atoms with E-state index in [9.17, 15) is 24.6 Å². The lowest BCUT2D eigenvalue weighted by molar-refractivity contribution is -0.129. The van der Waals surface area contributed by atoms with Crippen molar-refractivity contribution in [1.29, 1.82) is 0 Å². The highest BCUT2D eigenvalue weighted by Crippen LogP contribution is 2.32. The molecule has 0 aliphatic carbocycles. The molecule has 0 atom stereocenters. The zero-order valence-electron chi connectivity index (χ0n) is 25.7. The fraction of sp³-hybridized carbons (Fsp3) is 0.382. The minimum atomic E-state index is -0.749. The molecule has 0 radical (unpaired) electrons. The summed E-state index contributed by atoms with van der Waals surface area (Å²) in [4.78, 5) is 37.8. The van der Waals surface area contributed by atoms with Gasteiger partial charge in [0.05, 0.1) is 11.1 Å². The van der Waals surface area contributed by atoms with Crippen molar-refractivity contribution in [2.45, 2.75) is 79.5 Å².